The van der Waals surface area contributed by atoms with Crippen LogP contribution in [0.1, 0.15) is 36.0 Å². The molecule has 0 aliphatic carbocycles. The number of halogens is 2. The standard InChI is InChI=1S/C29H35Cl2N5O3/c1-32-14-10-22(11-15-32)33(2)26(37)19-35-20-36(23-6-4-3-5-7-23)29(28(35)39)12-16-34(17-13-29)27(38)24-9-8-21(30)18-25(24)31/h3-9,18,22H,10-17,19-20H2,1-2H3. The van der Waals surface area contributed by atoms with Crippen LogP contribution in [0.3, 0.4) is 0 Å². The highest BCUT2D eigenvalue weighted by atomic mass is 35.5. The number of para-hydroxylation sites is 1. The number of carbonyl (C=O) groups excluding carboxylic acids is 3. The Labute approximate surface area is 240 Å². The van der Waals surface area contributed by atoms with Gasteiger partial charge in [-0.05, 0) is 76.2 Å². The van der Waals surface area contributed by atoms with Crippen LogP contribution in [0.2, 0.25) is 10.0 Å². The Hall–Kier alpha value is -2.81. The van der Waals surface area contributed by atoms with Gasteiger partial charge in [-0.15, -0.1) is 0 Å². The van der Waals surface area contributed by atoms with Crippen LogP contribution in [0.25, 0.3) is 0 Å². The maximum Gasteiger partial charge on any atom is 0.255 e. The molecule has 3 aliphatic heterocycles. The molecule has 3 amide bonds. The molecule has 0 bridgehead atoms. The molecule has 1 spiro atoms. The zero-order valence-electron chi connectivity index (χ0n) is 22.5. The van der Waals surface area contributed by atoms with Crippen molar-refractivity contribution >= 4 is 46.6 Å². The highest BCUT2D eigenvalue weighted by Gasteiger charge is 2.54. The molecule has 8 nitrogen and oxygen atoms in total. The van der Waals surface area contributed by atoms with Gasteiger partial charge >= 0.3 is 0 Å². The van der Waals surface area contributed by atoms with Crippen molar-refractivity contribution in [3.05, 3.63) is 64.1 Å². The third kappa shape index (κ3) is 5.47. The lowest BCUT2D eigenvalue weighted by Gasteiger charge is -2.43. The fourth-order valence-corrected chi connectivity index (χ4v) is 6.59. The molecule has 2 aromatic carbocycles. The Morgan fingerprint density at radius 1 is 1.00 bits per heavy atom. The second kappa shape index (κ2) is 11.4. The van der Waals surface area contributed by atoms with E-state index in [0.29, 0.717) is 48.2 Å². The van der Waals surface area contributed by atoms with Crippen LogP contribution in [-0.2, 0) is 9.59 Å². The van der Waals surface area contributed by atoms with Crippen molar-refractivity contribution in [1.82, 2.24) is 19.6 Å². The first-order valence-corrected chi connectivity index (χ1v) is 14.3. The zero-order valence-corrected chi connectivity index (χ0v) is 24.0. The van der Waals surface area contributed by atoms with Crippen molar-refractivity contribution < 1.29 is 14.4 Å². The van der Waals surface area contributed by atoms with Gasteiger partial charge in [-0.3, -0.25) is 14.4 Å². The molecule has 10 heteroatoms. The van der Waals surface area contributed by atoms with Gasteiger partial charge in [0.25, 0.3) is 11.8 Å². The van der Waals surface area contributed by atoms with Crippen LogP contribution in [0.4, 0.5) is 5.69 Å². The van der Waals surface area contributed by atoms with Crippen molar-refractivity contribution in [1.29, 1.82) is 0 Å². The van der Waals surface area contributed by atoms with Crippen LogP contribution in [0.15, 0.2) is 48.5 Å². The summed E-state index contributed by atoms with van der Waals surface area (Å²) in [6.07, 6.45) is 2.81. The Morgan fingerprint density at radius 2 is 1.67 bits per heavy atom. The quantitative estimate of drug-likeness (QED) is 0.545. The van der Waals surface area contributed by atoms with Gasteiger partial charge in [0.05, 0.1) is 17.3 Å². The predicted octanol–water partition coefficient (Wildman–Crippen LogP) is 3.83. The number of hydrogen-bond acceptors (Lipinski definition) is 5. The van der Waals surface area contributed by atoms with Crippen molar-refractivity contribution in [3.63, 3.8) is 0 Å². The molecule has 3 heterocycles. The smallest absolute Gasteiger partial charge is 0.255 e. The van der Waals surface area contributed by atoms with Crippen molar-refractivity contribution in [2.45, 2.75) is 37.3 Å². The highest BCUT2D eigenvalue weighted by Crippen LogP contribution is 2.40. The second-order valence-corrected chi connectivity index (χ2v) is 11.7. The minimum absolute atomic E-state index is 0.0343. The summed E-state index contributed by atoms with van der Waals surface area (Å²) in [6.45, 7) is 3.13. The Bertz CT molecular complexity index is 1230. The first-order chi connectivity index (χ1) is 18.7. The van der Waals surface area contributed by atoms with E-state index in [1.165, 1.54) is 0 Å². The van der Waals surface area contributed by atoms with Crippen LogP contribution in [0, 0.1) is 0 Å². The number of carbonyl (C=O) groups is 3. The first-order valence-electron chi connectivity index (χ1n) is 13.5. The number of amides is 3. The molecular formula is C29H35Cl2N5O3. The number of piperidine rings is 2. The summed E-state index contributed by atoms with van der Waals surface area (Å²) in [5.41, 5.74) is 0.526. The summed E-state index contributed by atoms with van der Waals surface area (Å²) in [4.78, 5) is 50.3. The summed E-state index contributed by atoms with van der Waals surface area (Å²) in [7, 11) is 3.96. The molecule has 0 atom stereocenters. The largest absolute Gasteiger partial charge is 0.341 e. The van der Waals surface area contributed by atoms with E-state index in [2.05, 4.69) is 16.8 Å². The molecule has 208 valence electrons. The van der Waals surface area contributed by atoms with E-state index in [4.69, 9.17) is 23.2 Å². The fraction of sp³-hybridized carbons (Fsp3) is 0.483. The van der Waals surface area contributed by atoms with E-state index in [1.807, 2.05) is 42.3 Å². The van der Waals surface area contributed by atoms with Crippen LogP contribution in [0.5, 0.6) is 0 Å². The molecular weight excluding hydrogens is 537 g/mol. The lowest BCUT2D eigenvalue weighted by atomic mass is 9.85. The van der Waals surface area contributed by atoms with Gasteiger partial charge in [0.15, 0.2) is 0 Å². The lowest BCUT2D eigenvalue weighted by molar-refractivity contribution is -0.141. The van der Waals surface area contributed by atoms with Crippen LogP contribution < -0.4 is 4.90 Å². The summed E-state index contributed by atoms with van der Waals surface area (Å²) < 4.78 is 0. The summed E-state index contributed by atoms with van der Waals surface area (Å²) in [5.74, 6) is -0.254. The topological polar surface area (TPSA) is 67.4 Å². The number of rotatable bonds is 5. The van der Waals surface area contributed by atoms with Gasteiger partial charge in [-0.2, -0.15) is 0 Å². The minimum atomic E-state index is -0.811. The molecule has 3 saturated heterocycles. The Kier molecular flexibility index (Phi) is 8.08. The number of benzene rings is 2. The van der Waals surface area contributed by atoms with E-state index in [1.54, 1.807) is 28.0 Å². The number of nitrogens with zero attached hydrogens (tertiary/aromatic N) is 5. The molecule has 2 aromatic rings. The van der Waals surface area contributed by atoms with Gasteiger partial charge in [0, 0.05) is 36.9 Å². The average Bonchev–Trinajstić information content (AvgIpc) is 3.19. The maximum absolute atomic E-state index is 14.0. The molecule has 39 heavy (non-hydrogen) atoms. The van der Waals surface area contributed by atoms with Gasteiger partial charge in [0.1, 0.15) is 12.1 Å². The second-order valence-electron chi connectivity index (χ2n) is 10.9. The van der Waals surface area contributed by atoms with Crippen molar-refractivity contribution in [2.75, 3.05) is 58.4 Å². The predicted molar refractivity (Wildman–Crippen MR) is 153 cm³/mol. The normalized spacial score (nSPS) is 20.1. The van der Waals surface area contributed by atoms with E-state index < -0.39 is 5.54 Å². The first kappa shape index (κ1) is 27.7. The summed E-state index contributed by atoms with van der Waals surface area (Å²) >= 11 is 12.3. The fourth-order valence-electron chi connectivity index (χ4n) is 6.10. The van der Waals surface area contributed by atoms with Gasteiger partial charge in [-0.1, -0.05) is 41.4 Å². The third-order valence-electron chi connectivity index (χ3n) is 8.58. The molecule has 0 saturated carbocycles. The molecule has 0 radical (unpaired) electrons. The Balaban J connectivity index is 1.32. The van der Waals surface area contributed by atoms with E-state index >= 15 is 0 Å². The number of anilines is 1. The molecule has 0 unspecified atom stereocenters. The third-order valence-corrected chi connectivity index (χ3v) is 9.12. The van der Waals surface area contributed by atoms with E-state index in [-0.39, 0.29) is 30.3 Å². The van der Waals surface area contributed by atoms with Crippen molar-refractivity contribution in [3.8, 4) is 0 Å². The van der Waals surface area contributed by atoms with E-state index in [0.717, 1.165) is 31.6 Å². The SMILES string of the molecule is CN1CCC(N(C)C(=O)CN2CN(c3ccccc3)C3(CCN(C(=O)c4ccc(Cl)cc4Cl)CC3)C2=O)CC1. The number of likely N-dealkylation sites (tertiary alicyclic amines) is 2. The maximum atomic E-state index is 14.0. The van der Waals surface area contributed by atoms with Crippen molar-refractivity contribution in [2.24, 2.45) is 0 Å². The van der Waals surface area contributed by atoms with E-state index in [9.17, 15) is 14.4 Å². The summed E-state index contributed by atoms with van der Waals surface area (Å²) in [6, 6.07) is 14.9. The molecule has 0 aromatic heterocycles. The van der Waals surface area contributed by atoms with Gasteiger partial charge in [-0.25, -0.2) is 0 Å². The molecule has 3 fully saturated rings. The Morgan fingerprint density at radius 3 is 2.31 bits per heavy atom. The zero-order chi connectivity index (χ0) is 27.7. The molecule has 0 N–H and O–H groups in total. The van der Waals surface area contributed by atoms with Gasteiger partial charge < -0.3 is 24.5 Å². The number of likely N-dealkylation sites (N-methyl/N-ethyl adjacent to an activating group) is 1. The minimum Gasteiger partial charge on any atom is -0.341 e. The summed E-state index contributed by atoms with van der Waals surface area (Å²) in [5, 5.41) is 0.786. The monoisotopic (exact) mass is 571 g/mol. The molecule has 5 rings (SSSR count). The number of hydrogen-bond donors (Lipinski definition) is 0. The highest BCUT2D eigenvalue weighted by molar-refractivity contribution is 6.36. The lowest BCUT2D eigenvalue weighted by Crippen LogP contribution is -2.57. The van der Waals surface area contributed by atoms with Gasteiger partial charge in [0.2, 0.25) is 5.91 Å². The average molecular weight is 573 g/mol. The molecule has 3 aliphatic rings. The van der Waals surface area contributed by atoms with Crippen LogP contribution in [-0.4, -0.2) is 102 Å². The van der Waals surface area contributed by atoms with Crippen LogP contribution >= 0.6 is 23.2 Å².